The molecule has 1 amide bonds. The first-order valence-corrected chi connectivity index (χ1v) is 14.5. The molecule has 3 aromatic carbocycles. The summed E-state index contributed by atoms with van der Waals surface area (Å²) < 4.78 is 79.9. The van der Waals surface area contributed by atoms with Gasteiger partial charge in [0.05, 0.1) is 11.1 Å². The minimum absolute atomic E-state index is 0.0965. The number of piperazine rings is 1. The zero-order valence-corrected chi connectivity index (χ0v) is 23.3. The molecule has 0 radical (unpaired) electrons. The molecule has 2 fully saturated rings. The van der Waals surface area contributed by atoms with Crippen LogP contribution in [0.3, 0.4) is 0 Å². The van der Waals surface area contributed by atoms with Crippen LogP contribution in [0.25, 0.3) is 10.8 Å². The number of rotatable bonds is 7. The number of nitrogens with one attached hydrogen (secondary N) is 1. The van der Waals surface area contributed by atoms with Crippen molar-refractivity contribution in [2.24, 2.45) is 0 Å². The summed E-state index contributed by atoms with van der Waals surface area (Å²) in [5, 5.41) is 4.74. The average molecular weight is 592 g/mol. The Bertz CT molecular complexity index is 1340. The second-order valence-corrected chi connectivity index (χ2v) is 11.3. The molecule has 0 spiro atoms. The van der Waals surface area contributed by atoms with Crippen molar-refractivity contribution < 1.29 is 31.1 Å². The summed E-state index contributed by atoms with van der Waals surface area (Å²) in [5.74, 6) is -0.319. The van der Waals surface area contributed by atoms with Crippen LogP contribution in [0.2, 0.25) is 0 Å². The molecule has 1 saturated carbocycles. The van der Waals surface area contributed by atoms with Crippen LogP contribution in [0.4, 0.5) is 26.3 Å². The summed E-state index contributed by atoms with van der Waals surface area (Å²) in [7, 11) is 0. The second-order valence-electron chi connectivity index (χ2n) is 11.3. The van der Waals surface area contributed by atoms with Crippen molar-refractivity contribution in [1.29, 1.82) is 0 Å². The molecule has 0 aromatic heterocycles. The van der Waals surface area contributed by atoms with Crippen molar-refractivity contribution in [3.8, 4) is 0 Å². The minimum Gasteiger partial charge on any atom is -0.354 e. The van der Waals surface area contributed by atoms with Crippen LogP contribution in [0.15, 0.2) is 60.7 Å². The van der Waals surface area contributed by atoms with Crippen LogP contribution in [-0.4, -0.2) is 54.5 Å². The molecule has 5 rings (SSSR count). The molecule has 1 aliphatic heterocycles. The molecular formula is C32H35F6N3O. The number of nitrogens with zero attached hydrogens (tertiary/aromatic N) is 2. The lowest BCUT2D eigenvalue weighted by Crippen LogP contribution is -2.53. The number of fused-ring (bicyclic) bond motifs is 1. The van der Waals surface area contributed by atoms with Gasteiger partial charge in [0.1, 0.15) is 6.04 Å². The Labute approximate surface area is 241 Å². The van der Waals surface area contributed by atoms with Gasteiger partial charge in [-0.25, -0.2) is 0 Å². The molecule has 3 aromatic rings. The van der Waals surface area contributed by atoms with Gasteiger partial charge in [0.25, 0.3) is 0 Å². The van der Waals surface area contributed by atoms with Crippen molar-refractivity contribution in [3.63, 3.8) is 0 Å². The van der Waals surface area contributed by atoms with Crippen molar-refractivity contribution in [2.45, 2.75) is 63.0 Å². The molecule has 10 heteroatoms. The van der Waals surface area contributed by atoms with E-state index in [1.54, 1.807) is 0 Å². The van der Waals surface area contributed by atoms with Crippen LogP contribution < -0.4 is 5.32 Å². The molecule has 1 heterocycles. The zero-order chi connectivity index (χ0) is 29.9. The minimum atomic E-state index is -4.92. The van der Waals surface area contributed by atoms with Crippen LogP contribution >= 0.6 is 0 Å². The lowest BCUT2D eigenvalue weighted by atomic mass is 9.93. The van der Waals surface area contributed by atoms with Gasteiger partial charge in [-0.15, -0.1) is 0 Å². The number of alkyl halides is 6. The fourth-order valence-electron chi connectivity index (χ4n) is 6.39. The van der Waals surface area contributed by atoms with E-state index < -0.39 is 29.5 Å². The third-order valence-corrected chi connectivity index (χ3v) is 8.53. The number of benzene rings is 3. The third kappa shape index (κ3) is 7.09. The fourth-order valence-corrected chi connectivity index (χ4v) is 6.39. The van der Waals surface area contributed by atoms with E-state index in [9.17, 15) is 31.1 Å². The molecule has 42 heavy (non-hydrogen) atoms. The zero-order valence-electron chi connectivity index (χ0n) is 23.3. The van der Waals surface area contributed by atoms with Gasteiger partial charge < -0.3 is 5.32 Å². The van der Waals surface area contributed by atoms with Gasteiger partial charge in [-0.3, -0.25) is 14.6 Å². The smallest absolute Gasteiger partial charge is 0.354 e. The molecule has 0 bridgehead atoms. The molecule has 2 aliphatic rings. The van der Waals surface area contributed by atoms with Crippen LogP contribution in [-0.2, 0) is 23.6 Å². The van der Waals surface area contributed by atoms with E-state index in [-0.39, 0.29) is 30.5 Å². The largest absolute Gasteiger partial charge is 0.416 e. The maximum absolute atomic E-state index is 13.8. The molecule has 4 nitrogen and oxygen atoms in total. The van der Waals surface area contributed by atoms with Gasteiger partial charge in [0, 0.05) is 38.8 Å². The Morgan fingerprint density at radius 1 is 0.810 bits per heavy atom. The van der Waals surface area contributed by atoms with E-state index in [0.29, 0.717) is 31.3 Å². The highest BCUT2D eigenvalue weighted by atomic mass is 19.4. The van der Waals surface area contributed by atoms with Crippen molar-refractivity contribution in [1.82, 2.24) is 15.1 Å². The standard InChI is InChI=1S/C32H35F6N3O/c33-31(34,35)24-19-22(20-25(21-24)32(36,37)38)13-14-39-30(42)29(28-12-6-8-23-7-4-5-11-27(23)28)41-17-15-40(16-18-41)26-9-2-1-3-10-26/h4-8,11-12,19-21,26,29H,1-3,9-10,13-18H2,(H,39,42). The van der Waals surface area contributed by atoms with E-state index in [1.165, 1.54) is 32.1 Å². The Hall–Kier alpha value is -3.11. The number of carbonyl (C=O) groups is 1. The van der Waals surface area contributed by atoms with Crippen LogP contribution in [0, 0.1) is 0 Å². The monoisotopic (exact) mass is 591 g/mol. The molecule has 1 N–H and O–H groups in total. The molecule has 226 valence electrons. The fraction of sp³-hybridized carbons (Fsp3) is 0.469. The summed E-state index contributed by atoms with van der Waals surface area (Å²) in [6.45, 7) is 2.94. The van der Waals surface area contributed by atoms with E-state index in [4.69, 9.17) is 0 Å². The highest BCUT2D eigenvalue weighted by Crippen LogP contribution is 2.37. The van der Waals surface area contributed by atoms with Gasteiger partial charge in [0.15, 0.2) is 0 Å². The van der Waals surface area contributed by atoms with Gasteiger partial charge in [-0.1, -0.05) is 61.7 Å². The predicted octanol–water partition coefficient (Wildman–Crippen LogP) is 7.23. The van der Waals surface area contributed by atoms with Gasteiger partial charge in [-0.2, -0.15) is 26.3 Å². The quantitative estimate of drug-likeness (QED) is 0.295. The molecular weight excluding hydrogens is 556 g/mol. The van der Waals surface area contributed by atoms with Crippen LogP contribution in [0.1, 0.15) is 60.4 Å². The third-order valence-electron chi connectivity index (χ3n) is 8.53. The van der Waals surface area contributed by atoms with Gasteiger partial charge in [0.2, 0.25) is 5.91 Å². The summed E-state index contributed by atoms with van der Waals surface area (Å²) in [6.07, 6.45) is -3.87. The van der Waals surface area contributed by atoms with Gasteiger partial charge >= 0.3 is 12.4 Å². The summed E-state index contributed by atoms with van der Waals surface area (Å²) in [6, 6.07) is 15.0. The molecule has 1 unspecified atom stereocenters. The van der Waals surface area contributed by atoms with E-state index in [1.807, 2.05) is 42.5 Å². The van der Waals surface area contributed by atoms with Crippen molar-refractivity contribution >= 4 is 16.7 Å². The summed E-state index contributed by atoms with van der Waals surface area (Å²) >= 11 is 0. The SMILES string of the molecule is O=C(NCCc1cc(C(F)(F)F)cc(C(F)(F)F)c1)C(c1cccc2ccccc12)N1CCN(C2CCCCC2)CC1. The first kappa shape index (κ1) is 30.4. The van der Waals surface area contributed by atoms with E-state index >= 15 is 0 Å². The highest BCUT2D eigenvalue weighted by molar-refractivity contribution is 5.92. The Balaban J connectivity index is 1.34. The maximum atomic E-state index is 13.8. The lowest BCUT2D eigenvalue weighted by molar-refractivity contribution is -0.143. The number of hydrogen-bond acceptors (Lipinski definition) is 3. The Kier molecular flexibility index (Phi) is 9.13. The number of hydrogen-bond donors (Lipinski definition) is 1. The van der Waals surface area contributed by atoms with Gasteiger partial charge in [-0.05, 0) is 59.4 Å². The van der Waals surface area contributed by atoms with Crippen LogP contribution in [0.5, 0.6) is 0 Å². The summed E-state index contributed by atoms with van der Waals surface area (Å²) in [5.41, 5.74) is -2.03. The van der Waals surface area contributed by atoms with Crippen molar-refractivity contribution in [2.75, 3.05) is 32.7 Å². The lowest BCUT2D eigenvalue weighted by Gasteiger charge is -2.43. The first-order valence-electron chi connectivity index (χ1n) is 14.5. The van der Waals surface area contributed by atoms with E-state index in [0.717, 1.165) is 29.4 Å². The predicted molar refractivity (Wildman–Crippen MR) is 150 cm³/mol. The number of carbonyl (C=O) groups excluding carboxylic acids is 1. The van der Waals surface area contributed by atoms with E-state index in [2.05, 4.69) is 15.1 Å². The topological polar surface area (TPSA) is 35.6 Å². The highest BCUT2D eigenvalue weighted by Gasteiger charge is 2.37. The summed E-state index contributed by atoms with van der Waals surface area (Å²) in [4.78, 5) is 18.4. The Morgan fingerprint density at radius 2 is 1.43 bits per heavy atom. The second kappa shape index (κ2) is 12.6. The first-order chi connectivity index (χ1) is 20.0. The number of halogens is 6. The maximum Gasteiger partial charge on any atom is 0.416 e. The molecule has 1 atom stereocenters. The normalized spacial score (nSPS) is 18.7. The van der Waals surface area contributed by atoms with Crippen molar-refractivity contribution in [3.05, 3.63) is 82.9 Å². The number of amides is 1. The molecule has 1 aliphatic carbocycles. The average Bonchev–Trinajstić information content (AvgIpc) is 2.97. The Morgan fingerprint density at radius 3 is 2.07 bits per heavy atom. The molecule has 1 saturated heterocycles.